The minimum absolute atomic E-state index is 0.00705. The quantitative estimate of drug-likeness (QED) is 0.564. The number of nitrogens with two attached hydrogens (primary N) is 1. The third-order valence-corrected chi connectivity index (χ3v) is 4.61. The van der Waals surface area contributed by atoms with Crippen molar-refractivity contribution in [3.63, 3.8) is 0 Å². The maximum Gasteiger partial charge on any atom is 0.312 e. The molecule has 0 aliphatic heterocycles. The number of benzene rings is 3. The maximum absolute atomic E-state index is 12.5. The van der Waals surface area contributed by atoms with Crippen molar-refractivity contribution in [3.8, 4) is 11.1 Å². The van der Waals surface area contributed by atoms with E-state index in [2.05, 4.69) is 10.6 Å². The number of hydrogen-bond donors (Lipinski definition) is 3. The van der Waals surface area contributed by atoms with Gasteiger partial charge in [0.25, 0.3) is 0 Å². The zero-order valence-electron chi connectivity index (χ0n) is 15.1. The summed E-state index contributed by atoms with van der Waals surface area (Å²) >= 11 is 6.20. The van der Waals surface area contributed by atoms with E-state index in [4.69, 9.17) is 17.3 Å². The maximum atomic E-state index is 12.5. The van der Waals surface area contributed by atoms with Gasteiger partial charge in [-0.2, -0.15) is 0 Å². The van der Waals surface area contributed by atoms with Crippen molar-refractivity contribution in [1.82, 2.24) is 5.32 Å². The summed E-state index contributed by atoms with van der Waals surface area (Å²) < 4.78 is 0. The fraction of sp³-hybridized carbons (Fsp3) is 0.0909. The number of nitrogens with one attached hydrogen (secondary N) is 2. The van der Waals surface area contributed by atoms with Gasteiger partial charge in [0.2, 0.25) is 5.91 Å². The van der Waals surface area contributed by atoms with Gasteiger partial charge in [-0.15, -0.1) is 0 Å². The minimum atomic E-state index is -0.718. The van der Waals surface area contributed by atoms with Crippen LogP contribution in [0.1, 0.15) is 18.0 Å². The van der Waals surface area contributed by atoms with Gasteiger partial charge in [-0.25, -0.2) is 4.79 Å². The third kappa shape index (κ3) is 5.11. The standard InChI is InChI=1S/C22H20ClN3O2/c23-19-9-5-4-8-18(19)20(26-22(24)28)14-21(27)25-17-12-10-16(11-13-17)15-6-2-1-3-7-15/h1-13,20H,14H2,(H,25,27)(H3,24,26,28)/t20-/m0/s1. The van der Waals surface area contributed by atoms with Gasteiger partial charge in [0.05, 0.1) is 12.5 Å². The highest BCUT2D eigenvalue weighted by atomic mass is 35.5. The molecule has 1 atom stereocenters. The van der Waals surface area contributed by atoms with Crippen LogP contribution >= 0.6 is 11.6 Å². The average molecular weight is 394 g/mol. The van der Waals surface area contributed by atoms with E-state index in [1.165, 1.54) is 0 Å². The summed E-state index contributed by atoms with van der Waals surface area (Å²) in [6.45, 7) is 0. The van der Waals surface area contributed by atoms with Crippen molar-refractivity contribution in [3.05, 3.63) is 89.4 Å². The van der Waals surface area contributed by atoms with Crippen LogP contribution in [0.3, 0.4) is 0 Å². The summed E-state index contributed by atoms with van der Waals surface area (Å²) in [4.78, 5) is 23.8. The SMILES string of the molecule is NC(=O)N[C@@H](CC(=O)Nc1ccc(-c2ccccc2)cc1)c1ccccc1Cl. The van der Waals surface area contributed by atoms with Crippen molar-refractivity contribution >= 4 is 29.2 Å². The molecule has 0 fully saturated rings. The molecule has 4 N–H and O–H groups in total. The van der Waals surface area contributed by atoms with Gasteiger partial charge in [-0.1, -0.05) is 72.3 Å². The first-order valence-corrected chi connectivity index (χ1v) is 9.16. The molecule has 3 rings (SSSR count). The van der Waals surface area contributed by atoms with Gasteiger partial charge in [-0.3, -0.25) is 4.79 Å². The summed E-state index contributed by atoms with van der Waals surface area (Å²) in [5, 5.41) is 5.88. The number of urea groups is 1. The Kier molecular flexibility index (Phi) is 6.29. The second-order valence-electron chi connectivity index (χ2n) is 6.28. The van der Waals surface area contributed by atoms with Crippen LogP contribution in [0.25, 0.3) is 11.1 Å². The second-order valence-corrected chi connectivity index (χ2v) is 6.69. The average Bonchev–Trinajstić information content (AvgIpc) is 2.69. The van der Waals surface area contributed by atoms with Crippen molar-refractivity contribution in [1.29, 1.82) is 0 Å². The number of halogens is 1. The summed E-state index contributed by atoms with van der Waals surface area (Å²) in [6.07, 6.45) is 0.00705. The van der Waals surface area contributed by atoms with E-state index in [9.17, 15) is 9.59 Å². The van der Waals surface area contributed by atoms with Crippen LogP contribution in [0, 0.1) is 0 Å². The van der Waals surface area contributed by atoms with Crippen LogP contribution < -0.4 is 16.4 Å². The van der Waals surface area contributed by atoms with Gasteiger partial charge >= 0.3 is 6.03 Å². The van der Waals surface area contributed by atoms with Gasteiger partial charge in [0.1, 0.15) is 0 Å². The molecule has 0 radical (unpaired) electrons. The molecule has 3 amide bonds. The first-order chi connectivity index (χ1) is 13.5. The molecule has 0 heterocycles. The molecule has 3 aromatic rings. The van der Waals surface area contributed by atoms with Crippen LogP contribution in [0.15, 0.2) is 78.9 Å². The van der Waals surface area contributed by atoms with Gasteiger partial charge in [0.15, 0.2) is 0 Å². The molecule has 142 valence electrons. The van der Waals surface area contributed by atoms with E-state index in [0.717, 1.165) is 11.1 Å². The molecule has 0 spiro atoms. The Morgan fingerprint density at radius 2 is 1.46 bits per heavy atom. The second kappa shape index (κ2) is 9.06. The lowest BCUT2D eigenvalue weighted by atomic mass is 10.0. The highest BCUT2D eigenvalue weighted by molar-refractivity contribution is 6.31. The van der Waals surface area contributed by atoms with E-state index in [1.807, 2.05) is 54.6 Å². The highest BCUT2D eigenvalue weighted by Crippen LogP contribution is 2.26. The molecule has 0 aliphatic carbocycles. The van der Waals surface area contributed by atoms with Crippen LogP contribution in [-0.4, -0.2) is 11.9 Å². The molecule has 6 heteroatoms. The van der Waals surface area contributed by atoms with Crippen molar-refractivity contribution < 1.29 is 9.59 Å². The van der Waals surface area contributed by atoms with E-state index in [1.54, 1.807) is 24.3 Å². The molecular formula is C22H20ClN3O2. The lowest BCUT2D eigenvalue weighted by Crippen LogP contribution is -2.35. The number of primary amides is 1. The van der Waals surface area contributed by atoms with Crippen LogP contribution in [0.4, 0.5) is 10.5 Å². The number of hydrogen-bond acceptors (Lipinski definition) is 2. The molecule has 0 aliphatic rings. The molecule has 3 aromatic carbocycles. The Bertz CT molecular complexity index is 959. The molecule has 0 unspecified atom stereocenters. The number of anilines is 1. The van der Waals surface area contributed by atoms with E-state index < -0.39 is 12.1 Å². The first-order valence-electron chi connectivity index (χ1n) is 8.78. The predicted molar refractivity (Wildman–Crippen MR) is 112 cm³/mol. The van der Waals surface area contributed by atoms with Crippen molar-refractivity contribution in [2.24, 2.45) is 5.73 Å². The smallest absolute Gasteiger partial charge is 0.312 e. The molecule has 0 bridgehead atoms. The number of amides is 3. The summed E-state index contributed by atoms with van der Waals surface area (Å²) in [5.41, 5.74) is 8.72. The van der Waals surface area contributed by atoms with Crippen LogP contribution in [0.5, 0.6) is 0 Å². The zero-order valence-corrected chi connectivity index (χ0v) is 15.8. The fourth-order valence-electron chi connectivity index (χ4n) is 2.94. The first kappa shape index (κ1) is 19.5. The molecule has 5 nitrogen and oxygen atoms in total. The van der Waals surface area contributed by atoms with Gasteiger partial charge in [-0.05, 0) is 34.9 Å². The lowest BCUT2D eigenvalue weighted by Gasteiger charge is -2.19. The number of carbonyl (C=O) groups is 2. The highest BCUT2D eigenvalue weighted by Gasteiger charge is 2.19. The van der Waals surface area contributed by atoms with E-state index in [-0.39, 0.29) is 12.3 Å². The minimum Gasteiger partial charge on any atom is -0.352 e. The Morgan fingerprint density at radius 1 is 0.857 bits per heavy atom. The summed E-state index contributed by atoms with van der Waals surface area (Å²) in [7, 11) is 0. The molecular weight excluding hydrogens is 374 g/mol. The Balaban J connectivity index is 1.69. The molecule has 28 heavy (non-hydrogen) atoms. The zero-order chi connectivity index (χ0) is 19.9. The number of carbonyl (C=O) groups excluding carboxylic acids is 2. The van der Waals surface area contributed by atoms with Gasteiger partial charge < -0.3 is 16.4 Å². The van der Waals surface area contributed by atoms with E-state index in [0.29, 0.717) is 16.3 Å². The number of rotatable bonds is 6. The van der Waals surface area contributed by atoms with E-state index >= 15 is 0 Å². The molecule has 0 saturated heterocycles. The Hall–Kier alpha value is -3.31. The topological polar surface area (TPSA) is 84.2 Å². The normalized spacial score (nSPS) is 11.5. The summed E-state index contributed by atoms with van der Waals surface area (Å²) in [5.74, 6) is -0.258. The molecule has 0 aromatic heterocycles. The fourth-order valence-corrected chi connectivity index (χ4v) is 3.21. The van der Waals surface area contributed by atoms with Crippen molar-refractivity contribution in [2.75, 3.05) is 5.32 Å². The Labute approximate surface area is 168 Å². The summed E-state index contributed by atoms with van der Waals surface area (Å²) in [6, 6.07) is 23.2. The molecule has 0 saturated carbocycles. The third-order valence-electron chi connectivity index (χ3n) is 4.26. The monoisotopic (exact) mass is 393 g/mol. The van der Waals surface area contributed by atoms with Gasteiger partial charge in [0, 0.05) is 10.7 Å². The largest absolute Gasteiger partial charge is 0.352 e. The lowest BCUT2D eigenvalue weighted by molar-refractivity contribution is -0.116. The van der Waals surface area contributed by atoms with Crippen LogP contribution in [0.2, 0.25) is 5.02 Å². The Morgan fingerprint density at radius 3 is 2.11 bits per heavy atom. The van der Waals surface area contributed by atoms with Crippen molar-refractivity contribution in [2.45, 2.75) is 12.5 Å². The predicted octanol–water partition coefficient (Wildman–Crippen LogP) is 4.75. The van der Waals surface area contributed by atoms with Crippen LogP contribution in [-0.2, 0) is 4.79 Å².